The summed E-state index contributed by atoms with van der Waals surface area (Å²) in [5, 5.41) is 11.4. The minimum Gasteiger partial charge on any atom is -0.508 e. The Morgan fingerprint density at radius 3 is 2.70 bits per heavy atom. The third-order valence-corrected chi connectivity index (χ3v) is 8.14. The van der Waals surface area contributed by atoms with E-state index in [4.69, 9.17) is 0 Å². The van der Waals surface area contributed by atoms with Crippen LogP contribution in [0, 0.1) is 11.7 Å². The highest BCUT2D eigenvalue weighted by atomic mass is 19.1. The van der Waals surface area contributed by atoms with Crippen LogP contribution in [0.2, 0.25) is 0 Å². The number of nitrogens with zero attached hydrogens (tertiary/aromatic N) is 2. The Bertz CT molecular complexity index is 1330. The van der Waals surface area contributed by atoms with Crippen LogP contribution in [0.3, 0.4) is 0 Å². The Balaban J connectivity index is 1.44. The molecule has 4 heteroatoms. The number of piperidine rings is 1. The normalized spacial score (nSPS) is 22.8. The lowest BCUT2D eigenvalue weighted by Crippen LogP contribution is -2.53. The number of aromatic nitrogens is 1. The maximum Gasteiger partial charge on any atom is 0.123 e. The number of aromatic hydroxyl groups is 1. The van der Waals surface area contributed by atoms with Gasteiger partial charge in [0.2, 0.25) is 0 Å². The minimum absolute atomic E-state index is 0.0282. The van der Waals surface area contributed by atoms with E-state index >= 15 is 0 Å². The smallest absolute Gasteiger partial charge is 0.123 e. The topological polar surface area (TPSA) is 28.4 Å². The van der Waals surface area contributed by atoms with Crippen molar-refractivity contribution < 1.29 is 9.50 Å². The SMILES string of the molecule is Cn1c2c(c3cc(F)ccc31)CC1CN(Cc3ccccc3)CCC1(c1cccc(O)c1)C2. The van der Waals surface area contributed by atoms with Crippen molar-refractivity contribution in [3.8, 4) is 5.75 Å². The van der Waals surface area contributed by atoms with Crippen LogP contribution in [-0.4, -0.2) is 27.7 Å². The van der Waals surface area contributed by atoms with Crippen LogP contribution in [0.4, 0.5) is 4.39 Å². The summed E-state index contributed by atoms with van der Waals surface area (Å²) < 4.78 is 16.5. The second-order valence-electron chi connectivity index (χ2n) is 9.90. The molecule has 168 valence electrons. The van der Waals surface area contributed by atoms with Crippen molar-refractivity contribution in [3.63, 3.8) is 0 Å². The molecule has 0 saturated carbocycles. The van der Waals surface area contributed by atoms with Crippen LogP contribution in [0.25, 0.3) is 10.9 Å². The van der Waals surface area contributed by atoms with Gasteiger partial charge < -0.3 is 9.67 Å². The van der Waals surface area contributed by atoms with E-state index in [0.29, 0.717) is 11.7 Å². The van der Waals surface area contributed by atoms with Crippen molar-refractivity contribution in [1.29, 1.82) is 0 Å². The number of hydrogen-bond donors (Lipinski definition) is 1. The fourth-order valence-corrected chi connectivity index (χ4v) is 6.46. The van der Waals surface area contributed by atoms with Gasteiger partial charge in [-0.05, 0) is 78.7 Å². The minimum atomic E-state index is -0.171. The van der Waals surface area contributed by atoms with Crippen molar-refractivity contribution in [1.82, 2.24) is 9.47 Å². The molecule has 0 bridgehead atoms. The first kappa shape index (κ1) is 20.5. The summed E-state index contributed by atoms with van der Waals surface area (Å²) in [5.74, 6) is 0.561. The zero-order chi connectivity index (χ0) is 22.6. The molecule has 1 aliphatic carbocycles. The van der Waals surface area contributed by atoms with Crippen molar-refractivity contribution in [2.75, 3.05) is 13.1 Å². The number of hydrogen-bond acceptors (Lipinski definition) is 2. The van der Waals surface area contributed by atoms with Gasteiger partial charge in [-0.15, -0.1) is 0 Å². The van der Waals surface area contributed by atoms with Gasteiger partial charge >= 0.3 is 0 Å². The van der Waals surface area contributed by atoms with Gasteiger partial charge in [-0.1, -0.05) is 42.5 Å². The first-order valence-electron chi connectivity index (χ1n) is 11.8. The number of fused-ring (bicyclic) bond motifs is 4. The highest BCUT2D eigenvalue weighted by molar-refractivity contribution is 5.86. The fourth-order valence-electron chi connectivity index (χ4n) is 6.46. The molecule has 1 saturated heterocycles. The second-order valence-corrected chi connectivity index (χ2v) is 9.90. The third-order valence-electron chi connectivity index (χ3n) is 8.14. The van der Waals surface area contributed by atoms with Gasteiger partial charge in [-0.2, -0.15) is 0 Å². The van der Waals surface area contributed by atoms with Gasteiger partial charge in [0.25, 0.3) is 0 Å². The summed E-state index contributed by atoms with van der Waals surface area (Å²) in [4.78, 5) is 2.57. The molecule has 3 nitrogen and oxygen atoms in total. The van der Waals surface area contributed by atoms with Crippen LogP contribution in [0.5, 0.6) is 5.75 Å². The maximum absolute atomic E-state index is 14.2. The molecule has 0 spiro atoms. The molecule has 2 unspecified atom stereocenters. The number of halogens is 1. The molecule has 1 fully saturated rings. The zero-order valence-electron chi connectivity index (χ0n) is 19.0. The van der Waals surface area contributed by atoms with Gasteiger partial charge in [0.1, 0.15) is 11.6 Å². The molecule has 33 heavy (non-hydrogen) atoms. The van der Waals surface area contributed by atoms with E-state index in [1.165, 1.54) is 22.4 Å². The molecule has 2 heterocycles. The van der Waals surface area contributed by atoms with Crippen molar-refractivity contribution in [2.45, 2.75) is 31.2 Å². The van der Waals surface area contributed by atoms with Crippen LogP contribution < -0.4 is 0 Å². The van der Waals surface area contributed by atoms with E-state index in [9.17, 15) is 9.50 Å². The Morgan fingerprint density at radius 1 is 1.03 bits per heavy atom. The molecule has 4 aromatic rings. The Morgan fingerprint density at radius 2 is 1.88 bits per heavy atom. The van der Waals surface area contributed by atoms with Gasteiger partial charge in [0.05, 0.1) is 0 Å². The van der Waals surface area contributed by atoms with Crippen LogP contribution in [0.1, 0.15) is 28.8 Å². The van der Waals surface area contributed by atoms with Crippen molar-refractivity contribution in [2.24, 2.45) is 13.0 Å². The Labute approximate surface area is 194 Å². The molecule has 2 aliphatic rings. The van der Waals surface area contributed by atoms with E-state index in [1.807, 2.05) is 18.2 Å². The molecule has 0 amide bonds. The standard InChI is InChI=1S/C29H29FN2O/c1-31-27-11-10-23(30)16-26(27)25-15-22-19-32(18-20-6-3-2-4-7-20)13-12-29(22,17-28(25)31)21-8-5-9-24(33)14-21/h2-11,14,16,22,33H,12-13,15,17-19H2,1H3. The fraction of sp³-hybridized carbons (Fsp3) is 0.310. The summed E-state index contributed by atoms with van der Waals surface area (Å²) >= 11 is 0. The second kappa shape index (κ2) is 7.74. The number of benzene rings is 3. The number of likely N-dealkylation sites (tertiary alicyclic amines) is 1. The van der Waals surface area contributed by atoms with Gasteiger partial charge in [0, 0.05) is 42.1 Å². The first-order chi connectivity index (χ1) is 16.0. The molecular formula is C29H29FN2O. The maximum atomic E-state index is 14.2. The predicted octanol–water partition coefficient (Wildman–Crippen LogP) is 5.58. The molecule has 2 atom stereocenters. The number of phenols is 1. The lowest BCUT2D eigenvalue weighted by atomic mass is 9.58. The molecule has 1 N–H and O–H groups in total. The summed E-state index contributed by atoms with van der Waals surface area (Å²) in [6.07, 6.45) is 2.89. The van der Waals surface area contributed by atoms with E-state index in [-0.39, 0.29) is 11.2 Å². The van der Waals surface area contributed by atoms with Crippen molar-refractivity contribution in [3.05, 3.63) is 101 Å². The largest absolute Gasteiger partial charge is 0.508 e. The molecule has 1 aliphatic heterocycles. The van der Waals surface area contributed by atoms with E-state index in [2.05, 4.69) is 52.9 Å². The summed E-state index contributed by atoms with van der Waals surface area (Å²) in [6.45, 7) is 2.97. The Kier molecular flexibility index (Phi) is 4.81. The first-order valence-corrected chi connectivity index (χ1v) is 11.8. The molecule has 0 radical (unpaired) electrons. The lowest BCUT2D eigenvalue weighted by molar-refractivity contribution is 0.0758. The highest BCUT2D eigenvalue weighted by Crippen LogP contribution is 2.50. The van der Waals surface area contributed by atoms with Crippen molar-refractivity contribution >= 4 is 10.9 Å². The third kappa shape index (κ3) is 3.36. The number of aryl methyl sites for hydroxylation is 1. The van der Waals surface area contributed by atoms with Gasteiger partial charge in [-0.25, -0.2) is 4.39 Å². The number of phenolic OH excluding ortho intramolecular Hbond substituents is 1. The average molecular weight is 441 g/mol. The van der Waals surface area contributed by atoms with E-state index < -0.39 is 0 Å². The van der Waals surface area contributed by atoms with E-state index in [0.717, 1.165) is 49.8 Å². The zero-order valence-corrected chi connectivity index (χ0v) is 19.0. The monoisotopic (exact) mass is 440 g/mol. The molecule has 3 aromatic carbocycles. The summed E-state index contributed by atoms with van der Waals surface area (Å²) in [5.41, 5.74) is 6.26. The lowest BCUT2D eigenvalue weighted by Gasteiger charge is -2.51. The molecule has 1 aromatic heterocycles. The van der Waals surface area contributed by atoms with Gasteiger partial charge in [-0.3, -0.25) is 4.90 Å². The average Bonchev–Trinajstić information content (AvgIpc) is 3.08. The molecule has 6 rings (SSSR count). The summed E-state index contributed by atoms with van der Waals surface area (Å²) in [7, 11) is 2.11. The van der Waals surface area contributed by atoms with E-state index in [1.54, 1.807) is 18.2 Å². The Hall–Kier alpha value is -3.11. The molecular weight excluding hydrogens is 411 g/mol. The number of rotatable bonds is 3. The van der Waals surface area contributed by atoms with Crippen LogP contribution in [-0.2, 0) is 31.8 Å². The quantitative estimate of drug-likeness (QED) is 0.450. The van der Waals surface area contributed by atoms with Crippen LogP contribution >= 0.6 is 0 Å². The van der Waals surface area contributed by atoms with Crippen LogP contribution in [0.15, 0.2) is 72.8 Å². The highest BCUT2D eigenvalue weighted by Gasteiger charge is 2.48. The summed E-state index contributed by atoms with van der Waals surface area (Å²) in [6, 6.07) is 23.7. The predicted molar refractivity (Wildman–Crippen MR) is 130 cm³/mol. The van der Waals surface area contributed by atoms with Gasteiger partial charge in [0.15, 0.2) is 0 Å².